The molecular formula is C82H133NO8P+. The van der Waals surface area contributed by atoms with E-state index in [0.29, 0.717) is 17.4 Å². The van der Waals surface area contributed by atoms with Gasteiger partial charge >= 0.3 is 19.8 Å². The van der Waals surface area contributed by atoms with Crippen LogP contribution in [0, 0.1) is 0 Å². The van der Waals surface area contributed by atoms with E-state index in [1.54, 1.807) is 0 Å². The first-order chi connectivity index (χ1) is 45.0. The highest BCUT2D eigenvalue weighted by molar-refractivity contribution is 7.47. The Balaban J connectivity index is 4.15. The van der Waals surface area contributed by atoms with Crippen LogP contribution in [0.2, 0.25) is 0 Å². The number of carbonyl (C=O) groups is 2. The molecule has 0 spiro atoms. The number of unbranched alkanes of at least 4 members (excludes halogenated alkanes) is 18. The van der Waals surface area contributed by atoms with Gasteiger partial charge in [0.2, 0.25) is 0 Å². The van der Waals surface area contributed by atoms with Gasteiger partial charge in [-0.1, -0.05) is 298 Å². The van der Waals surface area contributed by atoms with Gasteiger partial charge in [-0.05, 0) is 141 Å². The molecule has 0 aromatic carbocycles. The number of phosphoric acid groups is 1. The molecule has 2 atom stereocenters. The van der Waals surface area contributed by atoms with Crippen LogP contribution in [-0.4, -0.2) is 74.9 Å². The van der Waals surface area contributed by atoms with Crippen molar-refractivity contribution >= 4 is 19.8 Å². The summed E-state index contributed by atoms with van der Waals surface area (Å²) in [5.74, 6) is -0.832. The molecule has 0 aliphatic carbocycles. The molecule has 1 N–H and O–H groups in total. The number of quaternary nitrogens is 1. The standard InChI is InChI=1S/C82H132NO8P/c1-6-8-10-12-14-16-18-20-22-24-26-28-30-32-34-36-38-40-41-43-44-46-48-50-52-54-56-58-60-62-64-66-68-70-72-74-81(84)88-78-80(79-90-92(86,87)89-77-76-83(3,4)5)91-82(85)75-73-71-69-67-65-63-61-59-57-55-53-51-49-47-45-42-39-37-35-33-31-29-27-25-23-21-19-17-15-13-11-9-7-2/h8-11,14-17,20-23,26-29,32-35,38-40,42-44,47,49,53,55,59,61,80H,6-7,12-13,18-19,24-25,30-31,36-37,41,45-46,48,50-52,54,56-58,60,62-79H2,1-5H3/p+1/b10-8-,11-9-,16-14-,17-15-,22-20-,23-21-,28-26-,29-27-,34-32-,35-33-,40-38-,42-39-,44-43-,49-47-,55-53-,61-59-. The molecule has 0 aliphatic heterocycles. The summed E-state index contributed by atoms with van der Waals surface area (Å²) in [6, 6.07) is 0. The zero-order valence-corrected chi connectivity index (χ0v) is 59.8. The Morgan fingerprint density at radius 3 is 0.870 bits per heavy atom. The van der Waals surface area contributed by atoms with E-state index >= 15 is 0 Å². The number of rotatable bonds is 64. The van der Waals surface area contributed by atoms with Crippen LogP contribution in [0.25, 0.3) is 0 Å². The third-order valence-corrected chi connectivity index (χ3v) is 15.6. The van der Waals surface area contributed by atoms with Crippen LogP contribution in [-0.2, 0) is 32.7 Å². The lowest BCUT2D eigenvalue weighted by Gasteiger charge is -2.24. The molecule has 0 rings (SSSR count). The predicted octanol–water partition coefficient (Wildman–Crippen LogP) is 24.0. The van der Waals surface area contributed by atoms with E-state index in [-0.39, 0.29) is 32.0 Å². The quantitative estimate of drug-likeness (QED) is 0.0211. The highest BCUT2D eigenvalue weighted by atomic mass is 31.2. The second kappa shape index (κ2) is 70.2. The van der Waals surface area contributed by atoms with Crippen molar-refractivity contribution < 1.29 is 42.1 Å². The van der Waals surface area contributed by atoms with Crippen molar-refractivity contribution in [3.63, 3.8) is 0 Å². The molecule has 92 heavy (non-hydrogen) atoms. The van der Waals surface area contributed by atoms with Crippen LogP contribution >= 0.6 is 7.82 Å². The van der Waals surface area contributed by atoms with E-state index in [9.17, 15) is 19.0 Å². The molecule has 0 saturated heterocycles. The summed E-state index contributed by atoms with van der Waals surface area (Å²) in [6.45, 7) is 4.16. The lowest BCUT2D eigenvalue weighted by Crippen LogP contribution is -2.37. The minimum absolute atomic E-state index is 0.0172. The normalized spacial score (nSPS) is 14.3. The Labute approximate surface area is 564 Å². The minimum Gasteiger partial charge on any atom is -0.462 e. The molecule has 0 aromatic heterocycles. The molecule has 0 fully saturated rings. The number of carbonyl (C=O) groups excluding carboxylic acids is 2. The molecule has 2 unspecified atom stereocenters. The van der Waals surface area contributed by atoms with Crippen LogP contribution in [0.15, 0.2) is 194 Å². The Morgan fingerprint density at radius 1 is 0.337 bits per heavy atom. The number of hydrogen-bond acceptors (Lipinski definition) is 7. The van der Waals surface area contributed by atoms with Crippen LogP contribution in [0.1, 0.15) is 258 Å². The van der Waals surface area contributed by atoms with E-state index in [4.69, 9.17) is 18.5 Å². The van der Waals surface area contributed by atoms with Gasteiger partial charge in [0.1, 0.15) is 19.8 Å². The fourth-order valence-corrected chi connectivity index (χ4v) is 9.91. The molecule has 0 aliphatic rings. The van der Waals surface area contributed by atoms with Crippen LogP contribution < -0.4 is 0 Å². The van der Waals surface area contributed by atoms with Gasteiger partial charge in [0.15, 0.2) is 6.10 Å². The molecule has 518 valence electrons. The number of nitrogens with zero attached hydrogens (tertiary/aromatic N) is 1. The fraction of sp³-hybridized carbons (Fsp3) is 0.585. The second-order valence-corrected chi connectivity index (χ2v) is 26.0. The maximum Gasteiger partial charge on any atom is 0.472 e. The SMILES string of the molecule is CC/C=C\C/C=C\C/C=C\C/C=C\C/C=C\C/C=C\C/C=C\C/C=C\C/C=C\CCCCCCCC(=O)OC(COC(=O)CCCCCCCCCCCCCCC/C=C\C/C=C\C/C=C\C/C=C\C/C=C\C/C=C\C/C=C\CC)COP(=O)(O)OCC[N+](C)(C)C. The Morgan fingerprint density at radius 2 is 0.587 bits per heavy atom. The second-order valence-electron chi connectivity index (χ2n) is 24.5. The predicted molar refractivity (Wildman–Crippen MR) is 399 cm³/mol. The first-order valence-electron chi connectivity index (χ1n) is 36.2. The van der Waals surface area contributed by atoms with E-state index in [1.807, 2.05) is 21.1 Å². The number of ether oxygens (including phenoxy) is 2. The maximum atomic E-state index is 12.9. The summed E-state index contributed by atoms with van der Waals surface area (Å²) >= 11 is 0. The number of esters is 2. The van der Waals surface area contributed by atoms with Crippen molar-refractivity contribution in [2.24, 2.45) is 0 Å². The van der Waals surface area contributed by atoms with E-state index in [0.717, 1.165) is 154 Å². The largest absolute Gasteiger partial charge is 0.472 e. The average Bonchev–Trinajstić information content (AvgIpc) is 2.23. The monoisotopic (exact) mass is 1290 g/mol. The van der Waals surface area contributed by atoms with Gasteiger partial charge in [0.25, 0.3) is 0 Å². The Hall–Kier alpha value is -5.15. The number of likely N-dealkylation sites (N-methyl/N-ethyl adjacent to an activating group) is 1. The molecule has 0 aromatic rings. The highest BCUT2D eigenvalue weighted by Gasteiger charge is 2.27. The van der Waals surface area contributed by atoms with Gasteiger partial charge in [0, 0.05) is 12.8 Å². The van der Waals surface area contributed by atoms with Gasteiger partial charge in [-0.25, -0.2) is 4.57 Å². The lowest BCUT2D eigenvalue weighted by molar-refractivity contribution is -0.870. The Bertz CT molecular complexity index is 2260. The van der Waals surface area contributed by atoms with E-state index in [1.165, 1.54) is 70.6 Å². The fourth-order valence-electron chi connectivity index (χ4n) is 9.16. The smallest absolute Gasteiger partial charge is 0.462 e. The zero-order valence-electron chi connectivity index (χ0n) is 59.0. The first-order valence-corrected chi connectivity index (χ1v) is 37.7. The summed E-state index contributed by atoms with van der Waals surface area (Å²) < 4.78 is 34.7. The third kappa shape index (κ3) is 73.9. The molecule has 0 radical (unpaired) electrons. The molecular weight excluding hydrogens is 1160 g/mol. The molecule has 0 amide bonds. The number of hydrogen-bond donors (Lipinski definition) is 1. The summed E-state index contributed by atoms with van der Waals surface area (Å²) in [4.78, 5) is 35.9. The number of allylic oxidation sites excluding steroid dienone is 32. The highest BCUT2D eigenvalue weighted by Crippen LogP contribution is 2.43. The van der Waals surface area contributed by atoms with Gasteiger partial charge in [0.05, 0.1) is 27.7 Å². The van der Waals surface area contributed by atoms with E-state index < -0.39 is 26.5 Å². The van der Waals surface area contributed by atoms with Crippen molar-refractivity contribution in [2.75, 3.05) is 47.5 Å². The summed E-state index contributed by atoms with van der Waals surface area (Å²) in [7, 11) is 1.44. The van der Waals surface area contributed by atoms with Crippen LogP contribution in [0.4, 0.5) is 0 Å². The molecule has 0 saturated carbocycles. The van der Waals surface area contributed by atoms with Crippen molar-refractivity contribution in [1.82, 2.24) is 0 Å². The van der Waals surface area contributed by atoms with E-state index in [2.05, 4.69) is 208 Å². The zero-order chi connectivity index (χ0) is 66.9. The maximum absolute atomic E-state index is 12.9. The third-order valence-electron chi connectivity index (χ3n) is 14.6. The lowest BCUT2D eigenvalue weighted by atomic mass is 10.0. The van der Waals surface area contributed by atoms with Crippen molar-refractivity contribution in [3.8, 4) is 0 Å². The van der Waals surface area contributed by atoms with Crippen molar-refractivity contribution in [2.45, 2.75) is 264 Å². The van der Waals surface area contributed by atoms with Gasteiger partial charge in [-0.2, -0.15) is 0 Å². The molecule has 9 nitrogen and oxygen atoms in total. The molecule has 10 heteroatoms. The minimum atomic E-state index is -4.41. The molecule has 0 heterocycles. The average molecular weight is 1290 g/mol. The summed E-state index contributed by atoms with van der Waals surface area (Å²) in [6.07, 6.45) is 110. The first kappa shape index (κ1) is 86.9. The van der Waals surface area contributed by atoms with Gasteiger partial charge < -0.3 is 18.9 Å². The summed E-state index contributed by atoms with van der Waals surface area (Å²) in [5.41, 5.74) is 0. The Kier molecular flexibility index (Phi) is 66.2. The van der Waals surface area contributed by atoms with Crippen LogP contribution in [0.5, 0.6) is 0 Å². The van der Waals surface area contributed by atoms with Gasteiger partial charge in [-0.3, -0.25) is 18.6 Å². The summed E-state index contributed by atoms with van der Waals surface area (Å²) in [5, 5.41) is 0. The topological polar surface area (TPSA) is 108 Å². The number of phosphoric ester groups is 1. The van der Waals surface area contributed by atoms with Crippen molar-refractivity contribution in [1.29, 1.82) is 0 Å². The van der Waals surface area contributed by atoms with Gasteiger partial charge in [-0.15, -0.1) is 0 Å². The van der Waals surface area contributed by atoms with Crippen molar-refractivity contribution in [3.05, 3.63) is 194 Å². The van der Waals surface area contributed by atoms with Crippen LogP contribution in [0.3, 0.4) is 0 Å². The molecule has 0 bridgehead atoms.